The van der Waals surface area contributed by atoms with Crippen LogP contribution in [0.3, 0.4) is 0 Å². The van der Waals surface area contributed by atoms with Crippen LogP contribution in [0.5, 0.6) is 5.75 Å². The molecule has 1 amide bonds. The first kappa shape index (κ1) is 19.5. The summed E-state index contributed by atoms with van der Waals surface area (Å²) in [6.45, 7) is 3.89. The minimum Gasteiger partial charge on any atom is -0.489 e. The number of nitrogens with zero attached hydrogens (tertiary/aromatic N) is 1. The second-order valence-electron chi connectivity index (χ2n) is 8.38. The first-order valence-electron chi connectivity index (χ1n) is 10.2. The molecular formula is C24H27NO4. The Morgan fingerprint density at radius 3 is 2.59 bits per heavy atom. The van der Waals surface area contributed by atoms with Gasteiger partial charge in [0.25, 0.3) is 0 Å². The molecule has 2 fully saturated rings. The van der Waals surface area contributed by atoms with E-state index in [9.17, 15) is 14.7 Å². The van der Waals surface area contributed by atoms with Gasteiger partial charge in [-0.1, -0.05) is 36.4 Å². The smallest absolute Gasteiger partial charge is 0.307 e. The molecule has 1 spiro atoms. The van der Waals surface area contributed by atoms with Gasteiger partial charge in [0, 0.05) is 13.1 Å². The molecule has 29 heavy (non-hydrogen) atoms. The van der Waals surface area contributed by atoms with Gasteiger partial charge >= 0.3 is 5.97 Å². The van der Waals surface area contributed by atoms with Gasteiger partial charge in [-0.25, -0.2) is 0 Å². The van der Waals surface area contributed by atoms with Crippen LogP contribution < -0.4 is 4.74 Å². The van der Waals surface area contributed by atoms with E-state index in [4.69, 9.17) is 4.74 Å². The Hall–Kier alpha value is -2.82. The number of carboxylic acids is 1. The Morgan fingerprint density at radius 1 is 1.14 bits per heavy atom. The minimum absolute atomic E-state index is 0.0497. The number of carboxylic acid groups (broad SMARTS) is 1. The van der Waals surface area contributed by atoms with E-state index in [-0.39, 0.29) is 17.2 Å². The van der Waals surface area contributed by atoms with Gasteiger partial charge in [0.2, 0.25) is 5.91 Å². The van der Waals surface area contributed by atoms with Gasteiger partial charge in [-0.3, -0.25) is 9.59 Å². The number of piperidine rings is 1. The van der Waals surface area contributed by atoms with Crippen LogP contribution in [0.4, 0.5) is 0 Å². The van der Waals surface area contributed by atoms with Crippen molar-refractivity contribution < 1.29 is 19.4 Å². The van der Waals surface area contributed by atoms with E-state index in [0.29, 0.717) is 26.1 Å². The topological polar surface area (TPSA) is 66.8 Å². The number of rotatable bonds is 6. The summed E-state index contributed by atoms with van der Waals surface area (Å²) < 4.78 is 5.93. The molecular weight excluding hydrogens is 366 g/mol. The molecule has 1 N–H and O–H groups in total. The average Bonchev–Trinajstić information content (AvgIpc) is 3.42. The van der Waals surface area contributed by atoms with Crippen molar-refractivity contribution in [3.8, 4) is 5.75 Å². The summed E-state index contributed by atoms with van der Waals surface area (Å²) >= 11 is 0. The summed E-state index contributed by atoms with van der Waals surface area (Å²) in [5.41, 5.74) is 3.23. The highest BCUT2D eigenvalue weighted by Crippen LogP contribution is 2.59. The van der Waals surface area contributed by atoms with E-state index >= 15 is 0 Å². The monoisotopic (exact) mass is 393 g/mol. The molecule has 0 bridgehead atoms. The lowest BCUT2D eigenvalue weighted by molar-refractivity contribution is -0.139. The predicted octanol–water partition coefficient (Wildman–Crippen LogP) is 3.83. The maximum atomic E-state index is 12.7. The number of hydrogen-bond donors (Lipinski definition) is 1. The first-order valence-corrected chi connectivity index (χ1v) is 10.2. The summed E-state index contributed by atoms with van der Waals surface area (Å²) in [6, 6.07) is 15.9. The van der Waals surface area contributed by atoms with Gasteiger partial charge in [-0.2, -0.15) is 0 Å². The second kappa shape index (κ2) is 7.90. The summed E-state index contributed by atoms with van der Waals surface area (Å²) in [7, 11) is 0. The van der Waals surface area contributed by atoms with E-state index in [0.717, 1.165) is 36.1 Å². The number of hydrogen-bond acceptors (Lipinski definition) is 3. The quantitative estimate of drug-likeness (QED) is 0.810. The number of carbonyl (C=O) groups excluding carboxylic acids is 1. The van der Waals surface area contributed by atoms with E-state index < -0.39 is 5.97 Å². The first-order chi connectivity index (χ1) is 14.0. The fraction of sp³-hybridized carbons (Fsp3) is 0.417. The van der Waals surface area contributed by atoms with E-state index in [1.807, 2.05) is 41.3 Å². The molecule has 2 aromatic carbocycles. The third kappa shape index (κ3) is 4.29. The Labute approximate surface area is 171 Å². The number of likely N-dealkylation sites (tertiary alicyclic amines) is 1. The van der Waals surface area contributed by atoms with Crippen LogP contribution in [-0.2, 0) is 22.6 Å². The summed E-state index contributed by atoms with van der Waals surface area (Å²) in [5, 5.41) is 9.21. The van der Waals surface area contributed by atoms with Crippen LogP contribution in [-0.4, -0.2) is 35.0 Å². The third-order valence-corrected chi connectivity index (χ3v) is 6.51. The molecule has 4 rings (SSSR count). The molecule has 1 unspecified atom stereocenters. The number of amides is 1. The zero-order valence-corrected chi connectivity index (χ0v) is 16.8. The number of aliphatic carboxylic acids is 1. The van der Waals surface area contributed by atoms with Crippen LogP contribution in [0, 0.1) is 18.3 Å². The number of benzene rings is 2. The third-order valence-electron chi connectivity index (χ3n) is 6.51. The highest BCUT2D eigenvalue weighted by atomic mass is 16.5. The number of aryl methyl sites for hydroxylation is 1. The van der Waals surface area contributed by atoms with E-state index in [2.05, 4.69) is 19.1 Å². The molecule has 1 atom stereocenters. The SMILES string of the molecule is Cc1ccccc1COc1cccc(CC(=O)N2CCC3(CC2)CC3C(=O)O)c1. The molecule has 2 aliphatic rings. The van der Waals surface area contributed by atoms with Crippen LogP contribution in [0.2, 0.25) is 0 Å². The van der Waals surface area contributed by atoms with Crippen molar-refractivity contribution in [2.24, 2.45) is 11.3 Å². The van der Waals surface area contributed by atoms with Gasteiger partial charge in [-0.15, -0.1) is 0 Å². The van der Waals surface area contributed by atoms with Crippen molar-refractivity contribution in [2.75, 3.05) is 13.1 Å². The summed E-state index contributed by atoms with van der Waals surface area (Å²) in [5.74, 6) is -0.0315. The standard InChI is InChI=1S/C24H27NO4/c1-17-5-2-3-7-19(17)16-29-20-8-4-6-18(13-20)14-22(26)25-11-9-24(10-12-25)15-21(24)23(27)28/h2-8,13,21H,9-12,14-16H2,1H3,(H,27,28). The predicted molar refractivity (Wildman–Crippen MR) is 110 cm³/mol. The number of carbonyl (C=O) groups is 2. The van der Waals surface area contributed by atoms with Crippen molar-refractivity contribution in [2.45, 2.75) is 39.2 Å². The maximum absolute atomic E-state index is 12.7. The van der Waals surface area contributed by atoms with Crippen LogP contribution in [0.1, 0.15) is 36.0 Å². The summed E-state index contributed by atoms with van der Waals surface area (Å²) in [6.07, 6.45) is 2.71. The molecule has 1 saturated heterocycles. The number of ether oxygens (including phenoxy) is 1. The van der Waals surface area contributed by atoms with Gasteiger partial charge in [0.1, 0.15) is 12.4 Å². The Morgan fingerprint density at radius 2 is 1.90 bits per heavy atom. The molecule has 0 aromatic heterocycles. The van der Waals surface area contributed by atoms with Crippen molar-refractivity contribution in [1.29, 1.82) is 0 Å². The summed E-state index contributed by atoms with van der Waals surface area (Å²) in [4.78, 5) is 25.8. The zero-order valence-electron chi connectivity index (χ0n) is 16.8. The highest BCUT2D eigenvalue weighted by Gasteiger charge is 2.59. The van der Waals surface area contributed by atoms with E-state index in [1.165, 1.54) is 5.56 Å². The van der Waals surface area contributed by atoms with E-state index in [1.54, 1.807) is 0 Å². The lowest BCUT2D eigenvalue weighted by atomic mass is 9.90. The van der Waals surface area contributed by atoms with Crippen molar-refractivity contribution >= 4 is 11.9 Å². The molecule has 0 radical (unpaired) electrons. The maximum Gasteiger partial charge on any atom is 0.307 e. The zero-order chi connectivity index (χ0) is 20.4. The molecule has 5 heteroatoms. The molecule has 1 aliphatic carbocycles. The molecule has 5 nitrogen and oxygen atoms in total. The van der Waals surface area contributed by atoms with Gasteiger partial charge < -0.3 is 14.7 Å². The van der Waals surface area contributed by atoms with Crippen molar-refractivity contribution in [3.05, 3.63) is 65.2 Å². The molecule has 2 aromatic rings. The van der Waals surface area contributed by atoms with Crippen LogP contribution in [0.25, 0.3) is 0 Å². The second-order valence-corrected chi connectivity index (χ2v) is 8.38. The normalized spacial score (nSPS) is 19.8. The molecule has 1 aliphatic heterocycles. The Kier molecular flexibility index (Phi) is 5.31. The lowest BCUT2D eigenvalue weighted by Crippen LogP contribution is -2.40. The van der Waals surface area contributed by atoms with Gasteiger partial charge in [0.05, 0.1) is 12.3 Å². The lowest BCUT2D eigenvalue weighted by Gasteiger charge is -2.32. The Bertz CT molecular complexity index is 915. The van der Waals surface area contributed by atoms with Gasteiger partial charge in [-0.05, 0) is 60.4 Å². The van der Waals surface area contributed by atoms with Crippen LogP contribution >= 0.6 is 0 Å². The Balaban J connectivity index is 1.31. The van der Waals surface area contributed by atoms with Gasteiger partial charge in [0.15, 0.2) is 0 Å². The van der Waals surface area contributed by atoms with Crippen LogP contribution in [0.15, 0.2) is 48.5 Å². The molecule has 152 valence electrons. The van der Waals surface area contributed by atoms with Crippen molar-refractivity contribution in [3.63, 3.8) is 0 Å². The fourth-order valence-corrected chi connectivity index (χ4v) is 4.42. The largest absolute Gasteiger partial charge is 0.489 e. The minimum atomic E-state index is -0.688. The molecule has 1 heterocycles. The molecule has 1 saturated carbocycles. The average molecular weight is 393 g/mol. The fourth-order valence-electron chi connectivity index (χ4n) is 4.42. The highest BCUT2D eigenvalue weighted by molar-refractivity contribution is 5.79. The van der Waals surface area contributed by atoms with Crippen molar-refractivity contribution in [1.82, 2.24) is 4.90 Å².